The van der Waals surface area contributed by atoms with Crippen LogP contribution >= 0.6 is 0 Å². The van der Waals surface area contributed by atoms with Crippen LogP contribution in [0, 0.1) is 0 Å². The zero-order valence-electron chi connectivity index (χ0n) is 16.9. The van der Waals surface area contributed by atoms with Crippen LogP contribution in [0.15, 0.2) is 41.5 Å². The van der Waals surface area contributed by atoms with Gasteiger partial charge in [-0.3, -0.25) is 14.5 Å². The van der Waals surface area contributed by atoms with Crippen molar-refractivity contribution in [2.24, 2.45) is 5.10 Å². The number of nitrogens with one attached hydrogen (secondary N) is 2. The molecule has 1 fully saturated rings. The van der Waals surface area contributed by atoms with Crippen molar-refractivity contribution in [2.75, 3.05) is 13.7 Å². The van der Waals surface area contributed by atoms with Crippen LogP contribution in [0.5, 0.6) is 5.75 Å². The van der Waals surface area contributed by atoms with Crippen LogP contribution in [0.3, 0.4) is 0 Å². The Morgan fingerprint density at radius 3 is 2.52 bits per heavy atom. The maximum absolute atomic E-state index is 12.1. The molecule has 0 atom stereocenters. The lowest BCUT2D eigenvalue weighted by atomic mass is 10.0. The molecule has 1 saturated heterocycles. The highest BCUT2D eigenvalue weighted by Gasteiger charge is 2.43. The maximum atomic E-state index is 12.1. The Hall–Kier alpha value is -3.42. The number of urea groups is 1. The first kappa shape index (κ1) is 20.3. The molecule has 8 nitrogen and oxygen atoms in total. The van der Waals surface area contributed by atoms with E-state index >= 15 is 0 Å². The summed E-state index contributed by atoms with van der Waals surface area (Å²) in [4.78, 5) is 37.1. The Balaban J connectivity index is 1.60. The van der Waals surface area contributed by atoms with Gasteiger partial charge in [-0.1, -0.05) is 18.2 Å². The summed E-state index contributed by atoms with van der Waals surface area (Å²) in [5.41, 5.74) is 3.06. The fraction of sp³-hybridized carbons (Fsp3) is 0.333. The average Bonchev–Trinajstić information content (AvgIpc) is 2.90. The number of nitrogens with zero attached hydrogens (tertiary/aromatic N) is 2. The monoisotopic (exact) mass is 396 g/mol. The van der Waals surface area contributed by atoms with Gasteiger partial charge in [-0.05, 0) is 55.3 Å². The summed E-state index contributed by atoms with van der Waals surface area (Å²) in [6, 6.07) is 11.2. The smallest absolute Gasteiger partial charge is 0.325 e. The van der Waals surface area contributed by atoms with Crippen LogP contribution in [0.4, 0.5) is 4.79 Å². The van der Waals surface area contributed by atoms with Crippen LogP contribution in [0.1, 0.15) is 32.8 Å². The maximum Gasteiger partial charge on any atom is 0.325 e. The third kappa shape index (κ3) is 4.37. The van der Waals surface area contributed by atoms with Gasteiger partial charge in [-0.25, -0.2) is 10.2 Å². The summed E-state index contributed by atoms with van der Waals surface area (Å²) in [6.07, 6.45) is -0.0243. The van der Waals surface area contributed by atoms with E-state index in [9.17, 15) is 14.4 Å². The van der Waals surface area contributed by atoms with Gasteiger partial charge < -0.3 is 10.1 Å². The van der Waals surface area contributed by atoms with E-state index in [0.29, 0.717) is 5.71 Å². The minimum atomic E-state index is -0.942. The molecule has 2 aromatic rings. The molecule has 4 amide bonds. The van der Waals surface area contributed by atoms with Gasteiger partial charge in [0.25, 0.3) is 5.91 Å². The molecule has 2 aromatic carbocycles. The number of hydrogen-bond donors (Lipinski definition) is 2. The van der Waals surface area contributed by atoms with Crippen LogP contribution in [0.2, 0.25) is 0 Å². The molecular formula is C21H24N4O4. The van der Waals surface area contributed by atoms with Crippen LogP contribution in [0.25, 0.3) is 10.8 Å². The van der Waals surface area contributed by atoms with Gasteiger partial charge in [0.05, 0.1) is 12.8 Å². The molecule has 0 unspecified atom stereocenters. The van der Waals surface area contributed by atoms with E-state index in [0.717, 1.165) is 27.0 Å². The van der Waals surface area contributed by atoms with Crippen molar-refractivity contribution in [3.05, 3.63) is 42.0 Å². The number of ether oxygens (including phenoxy) is 1. The van der Waals surface area contributed by atoms with Crippen molar-refractivity contribution in [3.63, 3.8) is 0 Å². The van der Waals surface area contributed by atoms with E-state index in [1.807, 2.05) is 36.4 Å². The van der Waals surface area contributed by atoms with Crippen molar-refractivity contribution >= 4 is 34.3 Å². The molecule has 1 heterocycles. The molecule has 0 aliphatic carbocycles. The molecule has 1 aliphatic rings. The normalized spacial score (nSPS) is 16.1. The minimum absolute atomic E-state index is 0.00626. The van der Waals surface area contributed by atoms with Crippen LogP contribution in [-0.2, 0) is 9.59 Å². The fourth-order valence-electron chi connectivity index (χ4n) is 3.08. The van der Waals surface area contributed by atoms with Gasteiger partial charge in [0.15, 0.2) is 0 Å². The highest BCUT2D eigenvalue weighted by Crippen LogP contribution is 2.22. The number of hydrazone groups is 1. The summed E-state index contributed by atoms with van der Waals surface area (Å²) in [5.74, 6) is 0.0689. The summed E-state index contributed by atoms with van der Waals surface area (Å²) in [6.45, 7) is 5.05. The Labute approximate surface area is 168 Å². The lowest BCUT2D eigenvalue weighted by Crippen LogP contribution is -2.40. The first-order valence-electron chi connectivity index (χ1n) is 9.27. The second-order valence-corrected chi connectivity index (χ2v) is 7.42. The number of methoxy groups -OCH3 is 1. The third-order valence-corrected chi connectivity index (χ3v) is 4.82. The third-order valence-electron chi connectivity index (χ3n) is 4.82. The number of fused-ring (bicyclic) bond motifs is 1. The summed E-state index contributed by atoms with van der Waals surface area (Å²) in [5, 5.41) is 8.79. The van der Waals surface area contributed by atoms with Crippen molar-refractivity contribution in [1.82, 2.24) is 15.6 Å². The highest BCUT2D eigenvalue weighted by atomic mass is 16.5. The van der Waals surface area contributed by atoms with Crippen molar-refractivity contribution in [3.8, 4) is 5.75 Å². The lowest BCUT2D eigenvalue weighted by molar-refractivity contribution is -0.130. The molecule has 152 valence electrons. The number of carbonyl (C=O) groups excluding carboxylic acids is 3. The predicted octanol–water partition coefficient (Wildman–Crippen LogP) is 2.41. The highest BCUT2D eigenvalue weighted by molar-refractivity contribution is 6.06. The molecule has 0 aromatic heterocycles. The number of rotatable bonds is 6. The summed E-state index contributed by atoms with van der Waals surface area (Å²) < 4.78 is 5.23. The van der Waals surface area contributed by atoms with Gasteiger partial charge in [-0.2, -0.15) is 5.10 Å². The molecule has 0 radical (unpaired) electrons. The number of benzene rings is 2. The zero-order valence-corrected chi connectivity index (χ0v) is 16.9. The van der Waals surface area contributed by atoms with Crippen molar-refractivity contribution in [2.45, 2.75) is 32.7 Å². The Morgan fingerprint density at radius 2 is 1.86 bits per heavy atom. The average molecular weight is 396 g/mol. The quantitative estimate of drug-likeness (QED) is 0.445. The topological polar surface area (TPSA) is 100 Å². The van der Waals surface area contributed by atoms with Gasteiger partial charge in [0, 0.05) is 13.0 Å². The molecule has 0 spiro atoms. The molecule has 1 aliphatic heterocycles. The molecule has 3 rings (SSSR count). The van der Waals surface area contributed by atoms with Crippen molar-refractivity contribution in [1.29, 1.82) is 0 Å². The van der Waals surface area contributed by atoms with E-state index in [2.05, 4.69) is 15.8 Å². The van der Waals surface area contributed by atoms with Gasteiger partial charge in [-0.15, -0.1) is 0 Å². The minimum Gasteiger partial charge on any atom is -0.497 e. The fourth-order valence-corrected chi connectivity index (χ4v) is 3.08. The molecule has 29 heavy (non-hydrogen) atoms. The number of amides is 4. The SMILES string of the molecule is COc1ccc2cc(/C(C)=N\NC(=O)CCN3C(=O)NC(C)(C)C3=O)ccc2c1. The predicted molar refractivity (Wildman–Crippen MR) is 110 cm³/mol. The first-order valence-corrected chi connectivity index (χ1v) is 9.27. The van der Waals surface area contributed by atoms with E-state index in [1.54, 1.807) is 27.9 Å². The van der Waals surface area contributed by atoms with E-state index in [4.69, 9.17) is 4.74 Å². The van der Waals surface area contributed by atoms with Crippen LogP contribution in [-0.4, -0.2) is 47.7 Å². The zero-order chi connectivity index (χ0) is 21.2. The van der Waals surface area contributed by atoms with Gasteiger partial charge >= 0.3 is 6.03 Å². The standard InChI is InChI=1S/C21H24N4O4/c1-13(14-5-6-16-12-17(29-4)8-7-15(16)11-14)23-24-18(26)9-10-25-19(27)21(2,3)22-20(25)28/h5-8,11-12H,9-10H2,1-4H3,(H,22,28)(H,24,26)/b23-13-. The molecule has 0 saturated carbocycles. The van der Waals surface area contributed by atoms with E-state index in [-0.39, 0.29) is 24.8 Å². The number of imide groups is 1. The number of hydrogen-bond acceptors (Lipinski definition) is 5. The first-order chi connectivity index (χ1) is 13.7. The Bertz CT molecular complexity index is 1010. The number of carbonyl (C=O) groups is 3. The summed E-state index contributed by atoms with van der Waals surface area (Å²) >= 11 is 0. The van der Waals surface area contributed by atoms with Crippen molar-refractivity contribution < 1.29 is 19.1 Å². The van der Waals surface area contributed by atoms with Gasteiger partial charge in [0.2, 0.25) is 5.91 Å². The Morgan fingerprint density at radius 1 is 1.17 bits per heavy atom. The van der Waals surface area contributed by atoms with E-state index in [1.165, 1.54) is 0 Å². The lowest BCUT2D eigenvalue weighted by Gasteiger charge is -2.15. The second-order valence-electron chi connectivity index (χ2n) is 7.42. The largest absolute Gasteiger partial charge is 0.497 e. The molecule has 0 bridgehead atoms. The van der Waals surface area contributed by atoms with Crippen LogP contribution < -0.4 is 15.5 Å². The van der Waals surface area contributed by atoms with Gasteiger partial charge in [0.1, 0.15) is 11.3 Å². The second kappa shape index (κ2) is 7.90. The molecule has 8 heteroatoms. The molecule has 2 N–H and O–H groups in total. The van der Waals surface area contributed by atoms with E-state index < -0.39 is 11.6 Å². The Kier molecular flexibility index (Phi) is 5.54. The molecular weight excluding hydrogens is 372 g/mol. The summed E-state index contributed by atoms with van der Waals surface area (Å²) in [7, 11) is 1.63.